The molecule has 0 amide bonds. The zero-order valence-electron chi connectivity index (χ0n) is 8.97. The molecule has 1 aromatic heterocycles. The molecule has 16 heavy (non-hydrogen) atoms. The van der Waals surface area contributed by atoms with E-state index in [2.05, 4.69) is 29.2 Å². The first-order valence-corrected chi connectivity index (χ1v) is 5.09. The monoisotopic (exact) mass is 234 g/mol. The zero-order valence-corrected chi connectivity index (χ0v) is 9.78. The van der Waals surface area contributed by atoms with Crippen LogP contribution < -0.4 is 5.73 Å². The van der Waals surface area contributed by atoms with Gasteiger partial charge in [0.1, 0.15) is 5.82 Å². The Morgan fingerprint density at radius 2 is 1.62 bits per heavy atom. The Morgan fingerprint density at radius 3 is 2.31 bits per heavy atom. The molecule has 2 rings (SSSR count). The molecule has 0 aliphatic rings. The van der Waals surface area contributed by atoms with Gasteiger partial charge in [0.05, 0.1) is 0 Å². The normalized spacial score (nSPS) is 9.50. The molecule has 2 N–H and O–H groups in total. The van der Waals surface area contributed by atoms with Crippen LogP contribution in [0.4, 0.5) is 5.82 Å². The molecule has 1 heterocycles. The number of pyridine rings is 1. The maximum absolute atomic E-state index is 5.62. The van der Waals surface area contributed by atoms with E-state index in [1.165, 1.54) is 11.1 Å². The van der Waals surface area contributed by atoms with E-state index in [0.29, 0.717) is 5.82 Å². The minimum Gasteiger partial charge on any atom is -0.384 e. The van der Waals surface area contributed by atoms with Crippen molar-refractivity contribution >= 4 is 18.2 Å². The number of aryl methyl sites for hydroxylation is 2. The van der Waals surface area contributed by atoms with Gasteiger partial charge in [0, 0.05) is 6.20 Å². The number of rotatable bonds is 3. The zero-order chi connectivity index (χ0) is 10.5. The Kier molecular flexibility index (Phi) is 4.80. The number of anilines is 1. The molecule has 0 atom stereocenters. The second kappa shape index (κ2) is 6.13. The minimum absolute atomic E-state index is 0. The molecular weight excluding hydrogens is 220 g/mol. The van der Waals surface area contributed by atoms with E-state index >= 15 is 0 Å². The van der Waals surface area contributed by atoms with Gasteiger partial charge in [-0.25, -0.2) is 4.98 Å². The highest BCUT2D eigenvalue weighted by Gasteiger charge is 1.96. The van der Waals surface area contributed by atoms with Crippen molar-refractivity contribution in [3.05, 3.63) is 59.8 Å². The summed E-state index contributed by atoms with van der Waals surface area (Å²) in [6, 6.07) is 14.4. The summed E-state index contributed by atoms with van der Waals surface area (Å²) in [5.74, 6) is 0.598. The fraction of sp³-hybridized carbons (Fsp3) is 0.154. The predicted octanol–water partition coefficient (Wildman–Crippen LogP) is 2.87. The molecule has 0 saturated heterocycles. The van der Waals surface area contributed by atoms with Crippen molar-refractivity contribution in [2.24, 2.45) is 0 Å². The number of benzene rings is 1. The van der Waals surface area contributed by atoms with E-state index in [0.717, 1.165) is 12.8 Å². The Bertz CT molecular complexity index is 429. The molecular formula is C13H15ClN2. The quantitative estimate of drug-likeness (QED) is 0.887. The van der Waals surface area contributed by atoms with Gasteiger partial charge in [-0.2, -0.15) is 0 Å². The summed E-state index contributed by atoms with van der Waals surface area (Å²) in [7, 11) is 0. The van der Waals surface area contributed by atoms with E-state index in [4.69, 9.17) is 5.73 Å². The van der Waals surface area contributed by atoms with Crippen LogP contribution >= 0.6 is 12.4 Å². The molecule has 0 spiro atoms. The summed E-state index contributed by atoms with van der Waals surface area (Å²) in [4.78, 5) is 3.97. The SMILES string of the molecule is Cl.Nc1cc(CCc2ccccc2)ccn1. The number of nitrogen functional groups attached to an aromatic ring is 1. The van der Waals surface area contributed by atoms with Crippen LogP contribution in [0.3, 0.4) is 0 Å². The third-order valence-electron chi connectivity index (χ3n) is 2.39. The van der Waals surface area contributed by atoms with E-state index in [1.54, 1.807) is 6.20 Å². The van der Waals surface area contributed by atoms with Gasteiger partial charge in [-0.3, -0.25) is 0 Å². The minimum atomic E-state index is 0. The smallest absolute Gasteiger partial charge is 0.123 e. The van der Waals surface area contributed by atoms with E-state index in [-0.39, 0.29) is 12.4 Å². The van der Waals surface area contributed by atoms with Crippen LogP contribution in [0.25, 0.3) is 0 Å². The maximum Gasteiger partial charge on any atom is 0.123 e. The van der Waals surface area contributed by atoms with Gasteiger partial charge < -0.3 is 5.73 Å². The Labute approximate surface area is 102 Å². The van der Waals surface area contributed by atoms with Crippen LogP contribution in [-0.4, -0.2) is 4.98 Å². The molecule has 0 bridgehead atoms. The van der Waals surface area contributed by atoms with Crippen LogP contribution in [0.5, 0.6) is 0 Å². The largest absolute Gasteiger partial charge is 0.384 e. The molecule has 0 radical (unpaired) electrons. The molecule has 0 fully saturated rings. The summed E-state index contributed by atoms with van der Waals surface area (Å²) in [6.07, 6.45) is 3.82. The number of hydrogen-bond donors (Lipinski definition) is 1. The first-order valence-electron chi connectivity index (χ1n) is 5.09. The standard InChI is InChI=1S/C13H14N2.ClH/c14-13-10-12(8-9-15-13)7-6-11-4-2-1-3-5-11;/h1-5,8-10H,6-7H2,(H2,14,15);1H. The fourth-order valence-corrected chi connectivity index (χ4v) is 1.58. The van der Waals surface area contributed by atoms with Crippen molar-refractivity contribution in [3.8, 4) is 0 Å². The summed E-state index contributed by atoms with van der Waals surface area (Å²) < 4.78 is 0. The third kappa shape index (κ3) is 3.55. The van der Waals surface area contributed by atoms with Crippen molar-refractivity contribution in [2.45, 2.75) is 12.8 Å². The van der Waals surface area contributed by atoms with Gasteiger partial charge in [-0.15, -0.1) is 12.4 Å². The third-order valence-corrected chi connectivity index (χ3v) is 2.39. The topological polar surface area (TPSA) is 38.9 Å². The number of aromatic nitrogens is 1. The number of nitrogens with two attached hydrogens (primary N) is 1. The molecule has 1 aromatic carbocycles. The predicted molar refractivity (Wildman–Crippen MR) is 69.7 cm³/mol. The lowest BCUT2D eigenvalue weighted by Crippen LogP contribution is -1.94. The molecule has 84 valence electrons. The fourth-order valence-electron chi connectivity index (χ4n) is 1.58. The van der Waals surface area contributed by atoms with Crippen molar-refractivity contribution < 1.29 is 0 Å². The van der Waals surface area contributed by atoms with E-state index < -0.39 is 0 Å². The second-order valence-electron chi connectivity index (χ2n) is 3.57. The Morgan fingerprint density at radius 1 is 0.938 bits per heavy atom. The lowest BCUT2D eigenvalue weighted by molar-refractivity contribution is 0.956. The first-order chi connectivity index (χ1) is 7.34. The summed E-state index contributed by atoms with van der Waals surface area (Å²) in [6.45, 7) is 0. The van der Waals surface area contributed by atoms with Crippen LogP contribution in [0, 0.1) is 0 Å². The van der Waals surface area contributed by atoms with Crippen LogP contribution in [-0.2, 0) is 12.8 Å². The molecule has 2 aromatic rings. The van der Waals surface area contributed by atoms with Gasteiger partial charge >= 0.3 is 0 Å². The molecule has 0 aliphatic carbocycles. The lowest BCUT2D eigenvalue weighted by atomic mass is 10.1. The van der Waals surface area contributed by atoms with Gasteiger partial charge in [0.15, 0.2) is 0 Å². The Hall–Kier alpha value is -1.54. The van der Waals surface area contributed by atoms with Crippen LogP contribution in [0.2, 0.25) is 0 Å². The summed E-state index contributed by atoms with van der Waals surface area (Å²) in [5.41, 5.74) is 8.21. The molecule has 2 nitrogen and oxygen atoms in total. The van der Waals surface area contributed by atoms with Crippen LogP contribution in [0.1, 0.15) is 11.1 Å². The average Bonchev–Trinajstić information content (AvgIpc) is 2.28. The Balaban J connectivity index is 0.00000128. The average molecular weight is 235 g/mol. The molecule has 0 unspecified atom stereocenters. The summed E-state index contributed by atoms with van der Waals surface area (Å²) in [5, 5.41) is 0. The molecule has 0 aliphatic heterocycles. The summed E-state index contributed by atoms with van der Waals surface area (Å²) >= 11 is 0. The van der Waals surface area contributed by atoms with Crippen LogP contribution in [0.15, 0.2) is 48.7 Å². The van der Waals surface area contributed by atoms with Crippen molar-refractivity contribution in [1.82, 2.24) is 4.98 Å². The number of halogens is 1. The second-order valence-corrected chi connectivity index (χ2v) is 3.57. The highest BCUT2D eigenvalue weighted by atomic mass is 35.5. The highest BCUT2D eigenvalue weighted by molar-refractivity contribution is 5.85. The van der Waals surface area contributed by atoms with Gasteiger partial charge in [-0.1, -0.05) is 30.3 Å². The van der Waals surface area contributed by atoms with Gasteiger partial charge in [0.25, 0.3) is 0 Å². The van der Waals surface area contributed by atoms with Crippen molar-refractivity contribution in [1.29, 1.82) is 0 Å². The van der Waals surface area contributed by atoms with Crippen molar-refractivity contribution in [3.63, 3.8) is 0 Å². The van der Waals surface area contributed by atoms with E-state index in [9.17, 15) is 0 Å². The maximum atomic E-state index is 5.62. The van der Waals surface area contributed by atoms with Crippen molar-refractivity contribution in [2.75, 3.05) is 5.73 Å². The molecule has 0 saturated carbocycles. The number of nitrogens with zero attached hydrogens (tertiary/aromatic N) is 1. The first kappa shape index (κ1) is 12.5. The lowest BCUT2D eigenvalue weighted by Gasteiger charge is -2.02. The molecule has 3 heteroatoms. The van der Waals surface area contributed by atoms with Gasteiger partial charge in [-0.05, 0) is 36.1 Å². The highest BCUT2D eigenvalue weighted by Crippen LogP contribution is 2.08. The van der Waals surface area contributed by atoms with Gasteiger partial charge in [0.2, 0.25) is 0 Å². The van der Waals surface area contributed by atoms with E-state index in [1.807, 2.05) is 18.2 Å². The number of hydrogen-bond acceptors (Lipinski definition) is 2.